The zero-order chi connectivity index (χ0) is 16.2. The van der Waals surface area contributed by atoms with Gasteiger partial charge in [-0.05, 0) is 35.4 Å². The number of ether oxygens (including phenoxy) is 1. The van der Waals surface area contributed by atoms with Gasteiger partial charge < -0.3 is 15.2 Å². The van der Waals surface area contributed by atoms with E-state index in [-0.39, 0.29) is 18.8 Å². The number of non-ortho nitro benzene ring substituents is 1. The topological polar surface area (TPSA) is 84.6 Å². The van der Waals surface area contributed by atoms with E-state index < -0.39 is 10.5 Å². The second kappa shape index (κ2) is 6.87. The minimum atomic E-state index is -1.02. The SMILES string of the molecule is COCc1cc([N+](=O)[O-])ccc1NC[C@@](C)(O)c1ccsc1. The molecule has 1 aromatic heterocycles. The number of nitro groups is 1. The number of nitro benzene ring substituents is 1. The van der Waals surface area contributed by atoms with Crippen LogP contribution in [0, 0.1) is 10.1 Å². The molecule has 2 N–H and O–H groups in total. The number of benzene rings is 1. The smallest absolute Gasteiger partial charge is 0.269 e. The van der Waals surface area contributed by atoms with Gasteiger partial charge in [0.15, 0.2) is 0 Å². The predicted molar refractivity (Wildman–Crippen MR) is 86.2 cm³/mol. The molecule has 0 amide bonds. The normalized spacial score (nSPS) is 13.6. The summed E-state index contributed by atoms with van der Waals surface area (Å²) in [4.78, 5) is 10.4. The quantitative estimate of drug-likeness (QED) is 0.604. The van der Waals surface area contributed by atoms with Crippen LogP contribution < -0.4 is 5.32 Å². The first-order valence-electron chi connectivity index (χ1n) is 6.69. The molecule has 0 saturated heterocycles. The molecule has 0 saturated carbocycles. The number of nitrogens with one attached hydrogen (secondary N) is 1. The van der Waals surface area contributed by atoms with E-state index in [9.17, 15) is 15.2 Å². The summed E-state index contributed by atoms with van der Waals surface area (Å²) >= 11 is 1.52. The Morgan fingerprint density at radius 1 is 1.45 bits per heavy atom. The van der Waals surface area contributed by atoms with Gasteiger partial charge in [-0.1, -0.05) is 0 Å². The maximum Gasteiger partial charge on any atom is 0.269 e. The zero-order valence-electron chi connectivity index (χ0n) is 12.4. The van der Waals surface area contributed by atoms with Gasteiger partial charge in [0.25, 0.3) is 5.69 Å². The maximum absolute atomic E-state index is 10.8. The van der Waals surface area contributed by atoms with Crippen molar-refractivity contribution in [1.82, 2.24) is 0 Å². The molecular formula is C15H18N2O4S. The first-order valence-corrected chi connectivity index (χ1v) is 7.63. The average molecular weight is 322 g/mol. The van der Waals surface area contributed by atoms with Gasteiger partial charge in [0, 0.05) is 37.0 Å². The van der Waals surface area contributed by atoms with Crippen molar-refractivity contribution in [2.24, 2.45) is 0 Å². The summed E-state index contributed by atoms with van der Waals surface area (Å²) in [6, 6.07) is 6.42. The van der Waals surface area contributed by atoms with Gasteiger partial charge in [-0.25, -0.2) is 0 Å². The molecule has 1 aromatic carbocycles. The van der Waals surface area contributed by atoms with E-state index >= 15 is 0 Å². The Balaban J connectivity index is 2.16. The molecule has 0 unspecified atom stereocenters. The Hall–Kier alpha value is -1.96. The number of hydrogen-bond donors (Lipinski definition) is 2. The number of thiophene rings is 1. The van der Waals surface area contributed by atoms with Crippen LogP contribution in [0.1, 0.15) is 18.1 Å². The summed E-state index contributed by atoms with van der Waals surface area (Å²) in [6.45, 7) is 2.27. The molecule has 0 bridgehead atoms. The molecule has 7 heteroatoms. The van der Waals surface area contributed by atoms with Crippen molar-refractivity contribution in [3.63, 3.8) is 0 Å². The predicted octanol–water partition coefficient (Wildman–Crippen LogP) is 3.12. The molecule has 22 heavy (non-hydrogen) atoms. The second-order valence-electron chi connectivity index (χ2n) is 5.17. The van der Waals surface area contributed by atoms with Crippen molar-refractivity contribution in [2.45, 2.75) is 19.1 Å². The fourth-order valence-corrected chi connectivity index (χ4v) is 2.86. The Kier molecular flexibility index (Phi) is 5.12. The molecule has 0 radical (unpaired) electrons. The van der Waals surface area contributed by atoms with Crippen molar-refractivity contribution < 1.29 is 14.8 Å². The van der Waals surface area contributed by atoms with E-state index in [1.54, 1.807) is 13.0 Å². The van der Waals surface area contributed by atoms with E-state index in [0.29, 0.717) is 11.3 Å². The lowest BCUT2D eigenvalue weighted by atomic mass is 9.99. The number of nitrogens with zero attached hydrogens (tertiary/aromatic N) is 1. The third-order valence-corrected chi connectivity index (χ3v) is 4.05. The van der Waals surface area contributed by atoms with Gasteiger partial charge in [-0.2, -0.15) is 11.3 Å². The molecule has 0 spiro atoms. The van der Waals surface area contributed by atoms with Crippen LogP contribution in [0.2, 0.25) is 0 Å². The van der Waals surface area contributed by atoms with E-state index in [0.717, 1.165) is 5.56 Å². The Bertz CT molecular complexity index is 641. The van der Waals surface area contributed by atoms with Crippen LogP contribution in [0.5, 0.6) is 0 Å². The van der Waals surface area contributed by atoms with Crippen LogP contribution in [0.25, 0.3) is 0 Å². The zero-order valence-corrected chi connectivity index (χ0v) is 13.2. The van der Waals surface area contributed by atoms with Crippen molar-refractivity contribution in [1.29, 1.82) is 0 Å². The van der Waals surface area contributed by atoms with Gasteiger partial charge in [0.2, 0.25) is 0 Å². The summed E-state index contributed by atoms with van der Waals surface area (Å²) in [5, 5.41) is 28.3. The first kappa shape index (κ1) is 16.4. The number of anilines is 1. The van der Waals surface area contributed by atoms with E-state index in [1.165, 1.54) is 30.6 Å². The second-order valence-corrected chi connectivity index (χ2v) is 5.95. The van der Waals surface area contributed by atoms with E-state index in [1.807, 2.05) is 16.8 Å². The molecule has 118 valence electrons. The fraction of sp³-hybridized carbons (Fsp3) is 0.333. The van der Waals surface area contributed by atoms with Crippen molar-refractivity contribution in [2.75, 3.05) is 19.0 Å². The molecule has 0 aliphatic carbocycles. The largest absolute Gasteiger partial charge is 0.384 e. The maximum atomic E-state index is 10.8. The standard InChI is InChI=1S/C15H18N2O4S/c1-15(18,12-5-6-22-9-12)10-16-14-4-3-13(17(19)20)7-11(14)8-21-2/h3-7,9,16,18H,8,10H2,1-2H3/t15-/m1/s1. The molecule has 1 heterocycles. The van der Waals surface area contributed by atoms with Crippen LogP contribution >= 0.6 is 11.3 Å². The van der Waals surface area contributed by atoms with Gasteiger partial charge in [-0.15, -0.1) is 0 Å². The van der Waals surface area contributed by atoms with E-state index in [4.69, 9.17) is 4.74 Å². The van der Waals surface area contributed by atoms with Gasteiger partial charge in [0.05, 0.1) is 11.5 Å². The Morgan fingerprint density at radius 2 is 2.23 bits per heavy atom. The highest BCUT2D eigenvalue weighted by Crippen LogP contribution is 2.27. The Labute approximate surface area is 132 Å². The highest BCUT2D eigenvalue weighted by Gasteiger charge is 2.23. The number of rotatable bonds is 7. The average Bonchev–Trinajstić information content (AvgIpc) is 3.01. The lowest BCUT2D eigenvalue weighted by molar-refractivity contribution is -0.384. The minimum absolute atomic E-state index is 0.0159. The molecule has 0 aliphatic rings. The first-order chi connectivity index (χ1) is 10.4. The van der Waals surface area contributed by atoms with Crippen molar-refractivity contribution in [3.8, 4) is 0 Å². The highest BCUT2D eigenvalue weighted by atomic mass is 32.1. The van der Waals surface area contributed by atoms with E-state index in [2.05, 4.69) is 5.32 Å². The van der Waals surface area contributed by atoms with Gasteiger partial charge >= 0.3 is 0 Å². The molecule has 1 atom stereocenters. The van der Waals surface area contributed by atoms with Crippen molar-refractivity contribution in [3.05, 3.63) is 56.3 Å². The summed E-state index contributed by atoms with van der Waals surface area (Å²) < 4.78 is 5.08. The number of aliphatic hydroxyl groups is 1. The third kappa shape index (κ3) is 3.82. The molecule has 0 fully saturated rings. The highest BCUT2D eigenvalue weighted by molar-refractivity contribution is 7.08. The molecule has 0 aliphatic heterocycles. The molecule has 2 rings (SSSR count). The van der Waals surface area contributed by atoms with Crippen LogP contribution in [0.15, 0.2) is 35.0 Å². The van der Waals surface area contributed by atoms with Gasteiger partial charge in [0.1, 0.15) is 5.60 Å². The number of hydrogen-bond acceptors (Lipinski definition) is 6. The summed E-state index contributed by atoms with van der Waals surface area (Å²) in [5.74, 6) is 0. The summed E-state index contributed by atoms with van der Waals surface area (Å²) in [6.07, 6.45) is 0. The number of methoxy groups -OCH3 is 1. The van der Waals surface area contributed by atoms with Crippen LogP contribution in [-0.2, 0) is 16.9 Å². The summed E-state index contributed by atoms with van der Waals surface area (Å²) in [5.41, 5.74) is 1.22. The monoisotopic (exact) mass is 322 g/mol. The lowest BCUT2D eigenvalue weighted by Crippen LogP contribution is -2.30. The van der Waals surface area contributed by atoms with Gasteiger partial charge in [-0.3, -0.25) is 10.1 Å². The van der Waals surface area contributed by atoms with Crippen LogP contribution in [-0.4, -0.2) is 23.7 Å². The van der Waals surface area contributed by atoms with Crippen LogP contribution in [0.3, 0.4) is 0 Å². The minimum Gasteiger partial charge on any atom is -0.384 e. The van der Waals surface area contributed by atoms with Crippen LogP contribution in [0.4, 0.5) is 11.4 Å². The molecular weight excluding hydrogens is 304 g/mol. The van der Waals surface area contributed by atoms with Crippen molar-refractivity contribution >= 4 is 22.7 Å². The lowest BCUT2D eigenvalue weighted by Gasteiger charge is -2.24. The Morgan fingerprint density at radius 3 is 2.82 bits per heavy atom. The fourth-order valence-electron chi connectivity index (χ4n) is 2.08. The molecule has 2 aromatic rings. The third-order valence-electron chi connectivity index (χ3n) is 3.37. The molecule has 6 nitrogen and oxygen atoms in total. The summed E-state index contributed by atoms with van der Waals surface area (Å²) in [7, 11) is 1.53.